The molecule has 1 unspecified atom stereocenters. The van der Waals surface area contributed by atoms with E-state index in [2.05, 4.69) is 28.1 Å². The zero-order chi connectivity index (χ0) is 13.8. The smallest absolute Gasteiger partial charge is 0.176 e. The van der Waals surface area contributed by atoms with Gasteiger partial charge in [-0.15, -0.1) is 0 Å². The molecule has 0 aliphatic heterocycles. The molecule has 2 rings (SSSR count). The number of halogens is 1. The van der Waals surface area contributed by atoms with Crippen molar-refractivity contribution in [3.8, 4) is 11.1 Å². The quantitative estimate of drug-likeness (QED) is 0.575. The summed E-state index contributed by atoms with van der Waals surface area (Å²) in [5, 5.41) is 0. The van der Waals surface area contributed by atoms with Gasteiger partial charge in [-0.1, -0.05) is 84.4 Å². The lowest BCUT2D eigenvalue weighted by Gasteiger charge is -2.12. The molecular weight excluding hydrogens is 300 g/mol. The highest BCUT2D eigenvalue weighted by atomic mass is 79.9. The Morgan fingerprint density at radius 3 is 1.95 bits per heavy atom. The van der Waals surface area contributed by atoms with Crippen LogP contribution < -0.4 is 0 Å². The third-order valence-corrected chi connectivity index (χ3v) is 4.59. The third kappa shape index (κ3) is 3.32. The van der Waals surface area contributed by atoms with Gasteiger partial charge in [-0.05, 0) is 17.0 Å². The van der Waals surface area contributed by atoms with Gasteiger partial charge in [-0.2, -0.15) is 0 Å². The van der Waals surface area contributed by atoms with E-state index in [9.17, 15) is 4.79 Å². The molecule has 0 aromatic heterocycles. The summed E-state index contributed by atoms with van der Waals surface area (Å²) in [4.78, 5) is 12.1. The predicted octanol–water partition coefficient (Wildman–Crippen LogP) is 4.96. The Labute approximate surface area is 122 Å². The summed E-state index contributed by atoms with van der Waals surface area (Å²) in [5.74, 6) is 0.441. The Balaban J connectivity index is 2.22. The maximum absolute atomic E-state index is 12.2. The number of ketones is 1. The van der Waals surface area contributed by atoms with E-state index >= 15 is 0 Å². The SMILES string of the molecule is CC(C)C(Br)C(=O)c1ccc(-c2ccccc2)cc1. The van der Waals surface area contributed by atoms with E-state index < -0.39 is 0 Å². The molecule has 0 saturated heterocycles. The number of carbonyl (C=O) groups excluding carboxylic acids is 1. The summed E-state index contributed by atoms with van der Waals surface area (Å²) >= 11 is 3.46. The Hall–Kier alpha value is -1.41. The van der Waals surface area contributed by atoms with Gasteiger partial charge in [0.25, 0.3) is 0 Å². The molecule has 1 atom stereocenters. The largest absolute Gasteiger partial charge is 0.293 e. The van der Waals surface area contributed by atoms with Crippen molar-refractivity contribution in [3.63, 3.8) is 0 Å². The van der Waals surface area contributed by atoms with E-state index in [1.54, 1.807) is 0 Å². The highest BCUT2D eigenvalue weighted by Crippen LogP contribution is 2.22. The third-order valence-electron chi connectivity index (χ3n) is 3.11. The molecule has 0 spiro atoms. The number of carbonyl (C=O) groups is 1. The van der Waals surface area contributed by atoms with Crippen LogP contribution in [0.3, 0.4) is 0 Å². The summed E-state index contributed by atoms with van der Waals surface area (Å²) < 4.78 is 0. The van der Waals surface area contributed by atoms with Crippen LogP contribution in [0.1, 0.15) is 24.2 Å². The van der Waals surface area contributed by atoms with Crippen molar-refractivity contribution >= 4 is 21.7 Å². The number of hydrogen-bond donors (Lipinski definition) is 0. The molecule has 19 heavy (non-hydrogen) atoms. The molecule has 0 aliphatic carbocycles. The molecule has 1 nitrogen and oxygen atoms in total. The summed E-state index contributed by atoms with van der Waals surface area (Å²) in [6, 6.07) is 18.0. The fourth-order valence-electron chi connectivity index (χ4n) is 1.92. The minimum atomic E-state index is -0.116. The minimum absolute atomic E-state index is 0.116. The van der Waals surface area contributed by atoms with Crippen molar-refractivity contribution in [3.05, 3.63) is 60.2 Å². The van der Waals surface area contributed by atoms with E-state index in [4.69, 9.17) is 0 Å². The van der Waals surface area contributed by atoms with Crippen molar-refractivity contribution in [2.24, 2.45) is 5.92 Å². The fraction of sp³-hybridized carbons (Fsp3) is 0.235. The Morgan fingerprint density at radius 2 is 1.42 bits per heavy atom. The Morgan fingerprint density at radius 1 is 0.895 bits per heavy atom. The molecule has 0 radical (unpaired) electrons. The Kier molecular flexibility index (Phi) is 4.54. The maximum Gasteiger partial charge on any atom is 0.176 e. The van der Waals surface area contributed by atoms with Gasteiger partial charge in [0.1, 0.15) is 0 Å². The molecule has 0 bridgehead atoms. The molecule has 2 aromatic carbocycles. The van der Waals surface area contributed by atoms with Gasteiger partial charge >= 0.3 is 0 Å². The second-order valence-electron chi connectivity index (χ2n) is 4.95. The number of hydrogen-bond acceptors (Lipinski definition) is 1. The fourth-order valence-corrected chi connectivity index (χ4v) is 2.18. The summed E-state index contributed by atoms with van der Waals surface area (Å²) in [6.07, 6.45) is 0. The number of alkyl halides is 1. The van der Waals surface area contributed by atoms with Crippen LogP contribution in [0, 0.1) is 5.92 Å². The van der Waals surface area contributed by atoms with Crippen molar-refractivity contribution in [1.82, 2.24) is 0 Å². The first-order valence-electron chi connectivity index (χ1n) is 6.43. The van der Waals surface area contributed by atoms with E-state index in [1.165, 1.54) is 5.56 Å². The summed E-state index contributed by atoms with van der Waals surface area (Å²) in [7, 11) is 0. The first-order valence-corrected chi connectivity index (χ1v) is 7.35. The zero-order valence-electron chi connectivity index (χ0n) is 11.1. The number of Topliss-reactive ketones (excluding diaryl/α,β-unsaturated/α-hetero) is 1. The lowest BCUT2D eigenvalue weighted by molar-refractivity contribution is 0.0978. The molecule has 0 N–H and O–H groups in total. The van der Waals surface area contributed by atoms with Crippen molar-refractivity contribution in [1.29, 1.82) is 0 Å². The lowest BCUT2D eigenvalue weighted by Crippen LogP contribution is -2.19. The van der Waals surface area contributed by atoms with Crippen molar-refractivity contribution < 1.29 is 4.79 Å². The van der Waals surface area contributed by atoms with E-state index in [1.807, 2.05) is 56.3 Å². The lowest BCUT2D eigenvalue weighted by atomic mass is 9.98. The van der Waals surface area contributed by atoms with Crippen LogP contribution in [0.15, 0.2) is 54.6 Å². The van der Waals surface area contributed by atoms with Gasteiger partial charge in [0.05, 0.1) is 4.83 Å². The standard InChI is InChI=1S/C17H17BrO/c1-12(2)16(18)17(19)15-10-8-14(9-11-15)13-6-4-3-5-7-13/h3-12,16H,1-2H3. The Bertz CT molecular complexity index is 543. The van der Waals surface area contributed by atoms with Crippen LogP contribution in [0.2, 0.25) is 0 Å². The molecule has 0 aliphatic rings. The molecule has 0 saturated carbocycles. The molecule has 2 aromatic rings. The second-order valence-corrected chi connectivity index (χ2v) is 5.94. The normalized spacial score (nSPS) is 12.4. The maximum atomic E-state index is 12.2. The summed E-state index contributed by atoms with van der Waals surface area (Å²) in [6.45, 7) is 4.07. The van der Waals surface area contributed by atoms with E-state index in [-0.39, 0.29) is 10.6 Å². The van der Waals surface area contributed by atoms with E-state index in [0.29, 0.717) is 5.92 Å². The van der Waals surface area contributed by atoms with E-state index in [0.717, 1.165) is 11.1 Å². The molecule has 0 heterocycles. The number of rotatable bonds is 4. The van der Waals surface area contributed by atoms with Gasteiger partial charge in [0.2, 0.25) is 0 Å². The predicted molar refractivity (Wildman–Crippen MR) is 83.8 cm³/mol. The average molecular weight is 317 g/mol. The van der Waals surface area contributed by atoms with Gasteiger partial charge in [0.15, 0.2) is 5.78 Å². The second kappa shape index (κ2) is 6.16. The van der Waals surface area contributed by atoms with Gasteiger partial charge < -0.3 is 0 Å². The van der Waals surface area contributed by atoms with Crippen LogP contribution in [-0.2, 0) is 0 Å². The highest BCUT2D eigenvalue weighted by molar-refractivity contribution is 9.10. The van der Waals surface area contributed by atoms with Crippen molar-refractivity contribution in [2.75, 3.05) is 0 Å². The van der Waals surface area contributed by atoms with Crippen LogP contribution in [0.4, 0.5) is 0 Å². The van der Waals surface area contributed by atoms with Gasteiger partial charge in [-0.25, -0.2) is 0 Å². The minimum Gasteiger partial charge on any atom is -0.293 e. The number of benzene rings is 2. The van der Waals surface area contributed by atoms with Gasteiger partial charge in [0, 0.05) is 5.56 Å². The molecule has 0 amide bonds. The monoisotopic (exact) mass is 316 g/mol. The van der Waals surface area contributed by atoms with Crippen LogP contribution in [-0.4, -0.2) is 10.6 Å². The molecule has 98 valence electrons. The summed E-state index contributed by atoms with van der Waals surface area (Å²) in [5.41, 5.74) is 3.06. The van der Waals surface area contributed by atoms with Gasteiger partial charge in [-0.3, -0.25) is 4.79 Å². The average Bonchev–Trinajstić information content (AvgIpc) is 2.46. The van der Waals surface area contributed by atoms with Crippen molar-refractivity contribution in [2.45, 2.75) is 18.7 Å². The first-order chi connectivity index (χ1) is 9.09. The van der Waals surface area contributed by atoms with Crippen LogP contribution in [0.5, 0.6) is 0 Å². The zero-order valence-corrected chi connectivity index (χ0v) is 12.7. The topological polar surface area (TPSA) is 17.1 Å². The van der Waals surface area contributed by atoms with Crippen LogP contribution in [0.25, 0.3) is 11.1 Å². The first kappa shape index (κ1) is 14.0. The highest BCUT2D eigenvalue weighted by Gasteiger charge is 2.19. The van der Waals surface area contributed by atoms with Crippen LogP contribution >= 0.6 is 15.9 Å². The molecular formula is C17H17BrO. The molecule has 2 heteroatoms. The molecule has 0 fully saturated rings.